The maximum absolute atomic E-state index is 5.37. The number of rotatable bonds is 5. The van der Waals surface area contributed by atoms with Gasteiger partial charge in [-0.15, -0.1) is 0 Å². The lowest BCUT2D eigenvalue weighted by molar-refractivity contribution is 0.187. The second-order valence-electron chi connectivity index (χ2n) is 5.02. The molecule has 1 fully saturated rings. The van der Waals surface area contributed by atoms with Gasteiger partial charge in [-0.05, 0) is 12.0 Å². The number of nitrogens with zero attached hydrogens (tertiary/aromatic N) is 2. The van der Waals surface area contributed by atoms with E-state index in [0.29, 0.717) is 5.92 Å². The van der Waals surface area contributed by atoms with Crippen LogP contribution in [0.2, 0.25) is 0 Å². The first kappa shape index (κ1) is 12.2. The fraction of sp³-hybridized carbons (Fsp3) is 0.400. The maximum Gasteiger partial charge on any atom is 0.0726 e. The van der Waals surface area contributed by atoms with Crippen LogP contribution in [-0.2, 0) is 11.3 Å². The van der Waals surface area contributed by atoms with Gasteiger partial charge in [-0.2, -0.15) is 5.10 Å². The van der Waals surface area contributed by atoms with Crippen LogP contribution in [-0.4, -0.2) is 29.5 Å². The summed E-state index contributed by atoms with van der Waals surface area (Å²) in [5.74, 6) is 0.637. The number of anilines is 1. The van der Waals surface area contributed by atoms with Gasteiger partial charge in [-0.25, -0.2) is 0 Å². The Kier molecular flexibility index (Phi) is 3.79. The summed E-state index contributed by atoms with van der Waals surface area (Å²) in [5, 5.41) is 7.81. The zero-order valence-corrected chi connectivity index (χ0v) is 11.0. The van der Waals surface area contributed by atoms with Crippen molar-refractivity contribution >= 4 is 5.69 Å². The van der Waals surface area contributed by atoms with Crippen molar-refractivity contribution in [2.45, 2.75) is 13.0 Å². The summed E-state index contributed by atoms with van der Waals surface area (Å²) < 4.78 is 7.33. The molecule has 100 valence electrons. The van der Waals surface area contributed by atoms with Crippen LogP contribution in [0.25, 0.3) is 0 Å². The minimum absolute atomic E-state index is 0.637. The van der Waals surface area contributed by atoms with Crippen molar-refractivity contribution in [2.24, 2.45) is 5.92 Å². The summed E-state index contributed by atoms with van der Waals surface area (Å²) in [7, 11) is 0. The van der Waals surface area contributed by atoms with Crippen molar-refractivity contribution < 1.29 is 4.74 Å². The minimum Gasteiger partial charge on any atom is -0.382 e. The molecule has 2 heterocycles. The number of benzene rings is 1. The molecule has 0 amide bonds. The summed E-state index contributed by atoms with van der Waals surface area (Å²) in [6, 6.07) is 10.4. The van der Waals surface area contributed by atoms with E-state index in [1.165, 1.54) is 5.56 Å². The lowest BCUT2D eigenvalue weighted by Crippen LogP contribution is -2.13. The highest BCUT2D eigenvalue weighted by Crippen LogP contribution is 2.14. The fourth-order valence-corrected chi connectivity index (χ4v) is 2.32. The fourth-order valence-electron chi connectivity index (χ4n) is 2.32. The number of nitrogens with one attached hydrogen (secondary N) is 1. The van der Waals surface area contributed by atoms with Crippen molar-refractivity contribution in [3.63, 3.8) is 0 Å². The predicted octanol–water partition coefficient (Wildman–Crippen LogP) is 2.38. The van der Waals surface area contributed by atoms with Crippen LogP contribution < -0.4 is 5.32 Å². The molecular formula is C15H19N3O. The Hall–Kier alpha value is -1.81. The van der Waals surface area contributed by atoms with E-state index in [-0.39, 0.29) is 0 Å². The maximum atomic E-state index is 5.37. The molecule has 1 aliphatic heterocycles. The van der Waals surface area contributed by atoms with Crippen LogP contribution >= 0.6 is 0 Å². The van der Waals surface area contributed by atoms with Gasteiger partial charge in [-0.1, -0.05) is 30.3 Å². The predicted molar refractivity (Wildman–Crippen MR) is 75.2 cm³/mol. The van der Waals surface area contributed by atoms with Crippen LogP contribution in [0.15, 0.2) is 42.7 Å². The quantitative estimate of drug-likeness (QED) is 0.894. The molecule has 0 spiro atoms. The summed E-state index contributed by atoms with van der Waals surface area (Å²) in [5.41, 5.74) is 2.35. The third-order valence-corrected chi connectivity index (χ3v) is 3.44. The molecule has 4 nitrogen and oxygen atoms in total. The molecule has 1 saturated heterocycles. The zero-order chi connectivity index (χ0) is 12.9. The average molecular weight is 257 g/mol. The van der Waals surface area contributed by atoms with Crippen LogP contribution in [0.1, 0.15) is 12.0 Å². The summed E-state index contributed by atoms with van der Waals surface area (Å²) in [6.45, 7) is 3.57. The minimum atomic E-state index is 0.637. The number of hydrogen-bond acceptors (Lipinski definition) is 3. The Balaban J connectivity index is 1.54. The highest BCUT2D eigenvalue weighted by atomic mass is 16.5. The van der Waals surface area contributed by atoms with Crippen molar-refractivity contribution in [2.75, 3.05) is 25.1 Å². The van der Waals surface area contributed by atoms with Crippen LogP contribution in [0.5, 0.6) is 0 Å². The summed E-state index contributed by atoms with van der Waals surface area (Å²) in [4.78, 5) is 0. The molecule has 1 unspecified atom stereocenters. The molecule has 4 heteroatoms. The van der Waals surface area contributed by atoms with E-state index in [1.807, 2.05) is 16.9 Å². The smallest absolute Gasteiger partial charge is 0.0726 e. The molecule has 0 bridgehead atoms. The van der Waals surface area contributed by atoms with Gasteiger partial charge in [0.2, 0.25) is 0 Å². The van der Waals surface area contributed by atoms with Gasteiger partial charge in [0.1, 0.15) is 0 Å². The number of hydrogen-bond donors (Lipinski definition) is 1. The largest absolute Gasteiger partial charge is 0.382 e. The molecule has 0 saturated carbocycles. The topological polar surface area (TPSA) is 39.1 Å². The molecule has 1 atom stereocenters. The lowest BCUT2D eigenvalue weighted by Gasteiger charge is -2.08. The molecular weight excluding hydrogens is 238 g/mol. The summed E-state index contributed by atoms with van der Waals surface area (Å²) >= 11 is 0. The van der Waals surface area contributed by atoms with Gasteiger partial charge in [-0.3, -0.25) is 4.68 Å². The zero-order valence-electron chi connectivity index (χ0n) is 11.0. The second kappa shape index (κ2) is 5.89. The first-order chi connectivity index (χ1) is 9.40. The molecule has 3 rings (SSSR count). The van der Waals surface area contributed by atoms with Gasteiger partial charge in [0.05, 0.1) is 25.0 Å². The lowest BCUT2D eigenvalue weighted by atomic mass is 10.1. The molecule has 1 aliphatic rings. The van der Waals surface area contributed by atoms with E-state index in [2.05, 4.69) is 40.9 Å². The van der Waals surface area contributed by atoms with Gasteiger partial charge >= 0.3 is 0 Å². The third-order valence-electron chi connectivity index (χ3n) is 3.44. The van der Waals surface area contributed by atoms with Crippen LogP contribution in [0.3, 0.4) is 0 Å². The van der Waals surface area contributed by atoms with E-state index >= 15 is 0 Å². The number of aromatic nitrogens is 2. The highest BCUT2D eigenvalue weighted by molar-refractivity contribution is 5.38. The molecule has 1 aromatic carbocycles. The Morgan fingerprint density at radius 3 is 3.00 bits per heavy atom. The van der Waals surface area contributed by atoms with E-state index < -0.39 is 0 Å². The second-order valence-corrected chi connectivity index (χ2v) is 5.02. The van der Waals surface area contributed by atoms with E-state index in [9.17, 15) is 0 Å². The number of ether oxygens (including phenoxy) is 1. The van der Waals surface area contributed by atoms with Gasteiger partial charge in [0.15, 0.2) is 0 Å². The Morgan fingerprint density at radius 2 is 2.21 bits per heavy atom. The monoisotopic (exact) mass is 257 g/mol. The highest BCUT2D eigenvalue weighted by Gasteiger charge is 2.15. The first-order valence-corrected chi connectivity index (χ1v) is 6.78. The Labute approximate surface area is 113 Å². The normalized spacial score (nSPS) is 18.6. The van der Waals surface area contributed by atoms with Crippen LogP contribution in [0.4, 0.5) is 5.69 Å². The molecule has 19 heavy (non-hydrogen) atoms. The molecule has 1 aromatic heterocycles. The van der Waals surface area contributed by atoms with Crippen molar-refractivity contribution in [1.29, 1.82) is 0 Å². The molecule has 1 N–H and O–H groups in total. The van der Waals surface area contributed by atoms with Gasteiger partial charge < -0.3 is 10.1 Å². The SMILES string of the molecule is c1ccc(Cn2cc(NCC3CCOC3)cn2)cc1. The van der Waals surface area contributed by atoms with E-state index in [4.69, 9.17) is 4.74 Å². The van der Waals surface area contributed by atoms with Crippen molar-refractivity contribution in [3.05, 3.63) is 48.3 Å². The first-order valence-electron chi connectivity index (χ1n) is 6.78. The van der Waals surface area contributed by atoms with Gasteiger partial charge in [0.25, 0.3) is 0 Å². The van der Waals surface area contributed by atoms with Crippen molar-refractivity contribution in [3.8, 4) is 0 Å². The van der Waals surface area contributed by atoms with E-state index in [1.54, 1.807) is 0 Å². The van der Waals surface area contributed by atoms with Gasteiger partial charge in [0, 0.05) is 25.3 Å². The molecule has 0 aliphatic carbocycles. The third kappa shape index (κ3) is 3.35. The van der Waals surface area contributed by atoms with E-state index in [0.717, 1.165) is 38.4 Å². The van der Waals surface area contributed by atoms with Crippen molar-refractivity contribution in [1.82, 2.24) is 9.78 Å². The molecule has 0 radical (unpaired) electrons. The Morgan fingerprint density at radius 1 is 1.32 bits per heavy atom. The Bertz CT molecular complexity index is 503. The molecule has 2 aromatic rings. The summed E-state index contributed by atoms with van der Waals surface area (Å²) in [6.07, 6.45) is 5.10. The van der Waals surface area contributed by atoms with Crippen LogP contribution in [0, 0.1) is 5.92 Å². The standard InChI is InChI=1S/C15H19N3O/c1-2-4-13(5-3-1)10-18-11-15(9-17-18)16-8-14-6-7-19-12-14/h1-5,9,11,14,16H,6-8,10,12H2. The average Bonchev–Trinajstić information content (AvgIpc) is 3.09.